The maximum Gasteiger partial charge on any atom is 0.170 e. The van der Waals surface area contributed by atoms with E-state index in [1.807, 2.05) is 18.7 Å². The van der Waals surface area contributed by atoms with Gasteiger partial charge in [-0.3, -0.25) is 0 Å². The Morgan fingerprint density at radius 1 is 1.29 bits per heavy atom. The van der Waals surface area contributed by atoms with Crippen molar-refractivity contribution < 1.29 is 0 Å². The van der Waals surface area contributed by atoms with Gasteiger partial charge in [0.2, 0.25) is 0 Å². The molecule has 3 nitrogen and oxygen atoms in total. The average Bonchev–Trinajstić information content (AvgIpc) is 2.93. The quantitative estimate of drug-likeness (QED) is 0.930. The van der Waals surface area contributed by atoms with Crippen LogP contribution in [0.2, 0.25) is 0 Å². The van der Waals surface area contributed by atoms with E-state index in [9.17, 15) is 0 Å². The molecule has 0 radical (unpaired) electrons. The lowest BCUT2D eigenvalue weighted by Crippen LogP contribution is -2.31. The Morgan fingerprint density at radius 2 is 2.10 bits per heavy atom. The van der Waals surface area contributed by atoms with Crippen molar-refractivity contribution in [2.75, 3.05) is 6.54 Å². The van der Waals surface area contributed by atoms with Crippen molar-refractivity contribution in [3.05, 3.63) is 41.7 Å². The van der Waals surface area contributed by atoms with Gasteiger partial charge in [0.1, 0.15) is 5.82 Å². The number of nitrogens with zero attached hydrogens (tertiary/aromatic N) is 2. The maximum atomic E-state index is 5.99. The van der Waals surface area contributed by atoms with Gasteiger partial charge in [0, 0.05) is 5.25 Å². The molecular formula is C16H21N3S2. The van der Waals surface area contributed by atoms with E-state index in [-0.39, 0.29) is 0 Å². The third kappa shape index (κ3) is 3.65. The molecule has 3 rings (SSSR count). The lowest BCUT2D eigenvalue weighted by atomic mass is 9.78. The molecule has 5 heteroatoms. The van der Waals surface area contributed by atoms with Gasteiger partial charge in [-0.15, -0.1) is 0 Å². The van der Waals surface area contributed by atoms with Gasteiger partial charge < -0.3 is 5.73 Å². The number of rotatable bonds is 4. The molecule has 0 aliphatic heterocycles. The Hall–Kier alpha value is -0.910. The SMILES string of the molecule is Cc1nsc(SC2CC(c3ccccc3)CCC2CN)n1. The lowest BCUT2D eigenvalue weighted by molar-refractivity contribution is 0.344. The number of hydrogen-bond donors (Lipinski definition) is 1. The van der Waals surface area contributed by atoms with Crippen LogP contribution in [0.4, 0.5) is 0 Å². The van der Waals surface area contributed by atoms with E-state index in [1.54, 1.807) is 0 Å². The van der Waals surface area contributed by atoms with E-state index in [2.05, 4.69) is 39.7 Å². The number of aromatic nitrogens is 2. The highest BCUT2D eigenvalue weighted by molar-refractivity contribution is 8.01. The summed E-state index contributed by atoms with van der Waals surface area (Å²) < 4.78 is 5.38. The Labute approximate surface area is 134 Å². The fourth-order valence-corrected chi connectivity index (χ4v) is 5.38. The van der Waals surface area contributed by atoms with Crippen molar-refractivity contribution in [3.8, 4) is 0 Å². The summed E-state index contributed by atoms with van der Waals surface area (Å²) in [6, 6.07) is 10.9. The normalized spacial score (nSPS) is 25.9. The third-order valence-electron chi connectivity index (χ3n) is 4.26. The highest BCUT2D eigenvalue weighted by Gasteiger charge is 2.31. The smallest absolute Gasteiger partial charge is 0.170 e. The maximum absolute atomic E-state index is 5.99. The molecule has 112 valence electrons. The predicted octanol–water partition coefficient (Wildman–Crippen LogP) is 3.85. The minimum atomic E-state index is 0.557. The van der Waals surface area contributed by atoms with Crippen LogP contribution < -0.4 is 5.73 Å². The van der Waals surface area contributed by atoms with Gasteiger partial charge in [0.25, 0.3) is 0 Å². The molecule has 21 heavy (non-hydrogen) atoms. The first-order valence-corrected chi connectivity index (χ1v) is 9.13. The minimum absolute atomic E-state index is 0.557. The van der Waals surface area contributed by atoms with E-state index >= 15 is 0 Å². The number of nitrogens with two attached hydrogens (primary N) is 1. The number of hydrogen-bond acceptors (Lipinski definition) is 5. The zero-order valence-electron chi connectivity index (χ0n) is 12.2. The minimum Gasteiger partial charge on any atom is -0.330 e. The summed E-state index contributed by atoms with van der Waals surface area (Å²) in [5, 5.41) is 0.557. The van der Waals surface area contributed by atoms with Crippen LogP contribution in [-0.4, -0.2) is 21.2 Å². The fourth-order valence-electron chi connectivity index (χ4n) is 3.09. The molecule has 1 saturated carbocycles. The summed E-state index contributed by atoms with van der Waals surface area (Å²) in [4.78, 5) is 4.50. The molecule has 1 heterocycles. The molecule has 1 aromatic carbocycles. The molecule has 1 fully saturated rings. The van der Waals surface area contributed by atoms with Crippen molar-refractivity contribution in [2.24, 2.45) is 11.7 Å². The van der Waals surface area contributed by atoms with Gasteiger partial charge in [-0.1, -0.05) is 42.1 Å². The van der Waals surface area contributed by atoms with Crippen LogP contribution in [-0.2, 0) is 0 Å². The third-order valence-corrected chi connectivity index (χ3v) is 6.55. The second kappa shape index (κ2) is 6.90. The second-order valence-electron chi connectivity index (χ2n) is 5.68. The first-order chi connectivity index (χ1) is 10.3. The second-order valence-corrected chi connectivity index (χ2v) is 7.92. The van der Waals surface area contributed by atoms with E-state index < -0.39 is 0 Å². The van der Waals surface area contributed by atoms with Crippen LogP contribution in [0.1, 0.15) is 36.6 Å². The van der Waals surface area contributed by atoms with Crippen molar-refractivity contribution in [2.45, 2.75) is 41.7 Å². The summed E-state index contributed by atoms with van der Waals surface area (Å²) in [7, 11) is 0. The van der Waals surface area contributed by atoms with Crippen molar-refractivity contribution in [1.82, 2.24) is 9.36 Å². The molecule has 0 spiro atoms. The lowest BCUT2D eigenvalue weighted by Gasteiger charge is -2.35. The summed E-state index contributed by atoms with van der Waals surface area (Å²) in [5.74, 6) is 2.13. The van der Waals surface area contributed by atoms with Crippen LogP contribution in [0, 0.1) is 12.8 Å². The van der Waals surface area contributed by atoms with E-state index in [4.69, 9.17) is 5.73 Å². The van der Waals surface area contributed by atoms with Gasteiger partial charge in [0.15, 0.2) is 4.34 Å². The van der Waals surface area contributed by atoms with Crippen molar-refractivity contribution in [1.29, 1.82) is 0 Å². The molecule has 0 saturated heterocycles. The molecule has 2 N–H and O–H groups in total. The predicted molar refractivity (Wildman–Crippen MR) is 89.9 cm³/mol. The van der Waals surface area contributed by atoms with Gasteiger partial charge in [0.05, 0.1) is 0 Å². The van der Waals surface area contributed by atoms with Gasteiger partial charge in [-0.2, -0.15) is 4.37 Å². The molecule has 3 unspecified atom stereocenters. The highest BCUT2D eigenvalue weighted by atomic mass is 32.2. The number of benzene rings is 1. The van der Waals surface area contributed by atoms with E-state index in [0.29, 0.717) is 17.1 Å². The molecule has 2 aromatic rings. The van der Waals surface area contributed by atoms with Gasteiger partial charge in [-0.05, 0) is 61.7 Å². The Balaban J connectivity index is 1.72. The summed E-state index contributed by atoms with van der Waals surface area (Å²) in [6.45, 7) is 2.73. The zero-order valence-corrected chi connectivity index (χ0v) is 13.9. The monoisotopic (exact) mass is 319 g/mol. The first kappa shape index (κ1) is 15.0. The number of aryl methyl sites for hydroxylation is 1. The van der Waals surface area contributed by atoms with Crippen LogP contribution in [0.25, 0.3) is 0 Å². The molecule has 0 bridgehead atoms. The zero-order chi connectivity index (χ0) is 14.7. The highest BCUT2D eigenvalue weighted by Crippen LogP contribution is 2.43. The van der Waals surface area contributed by atoms with E-state index in [1.165, 1.54) is 36.4 Å². The molecular weight excluding hydrogens is 298 g/mol. The Morgan fingerprint density at radius 3 is 2.76 bits per heavy atom. The molecule has 0 amide bonds. The first-order valence-electron chi connectivity index (χ1n) is 7.48. The van der Waals surface area contributed by atoms with Gasteiger partial charge in [-0.25, -0.2) is 4.98 Å². The van der Waals surface area contributed by atoms with Crippen LogP contribution >= 0.6 is 23.3 Å². The van der Waals surface area contributed by atoms with Crippen molar-refractivity contribution in [3.63, 3.8) is 0 Å². The number of thioether (sulfide) groups is 1. The Bertz CT molecular complexity index is 570. The molecule has 3 atom stereocenters. The van der Waals surface area contributed by atoms with Crippen LogP contribution in [0.5, 0.6) is 0 Å². The average molecular weight is 319 g/mol. The fraction of sp³-hybridized carbons (Fsp3) is 0.500. The van der Waals surface area contributed by atoms with E-state index in [0.717, 1.165) is 16.7 Å². The largest absolute Gasteiger partial charge is 0.330 e. The molecule has 1 aliphatic carbocycles. The molecule has 1 aromatic heterocycles. The summed E-state index contributed by atoms with van der Waals surface area (Å²) in [6.07, 6.45) is 3.65. The van der Waals surface area contributed by atoms with Gasteiger partial charge >= 0.3 is 0 Å². The van der Waals surface area contributed by atoms with Crippen LogP contribution in [0.3, 0.4) is 0 Å². The topological polar surface area (TPSA) is 51.8 Å². The van der Waals surface area contributed by atoms with Crippen LogP contribution in [0.15, 0.2) is 34.7 Å². The van der Waals surface area contributed by atoms with Crippen molar-refractivity contribution >= 4 is 23.3 Å². The molecule has 1 aliphatic rings. The Kier molecular flexibility index (Phi) is 4.93. The summed E-state index contributed by atoms with van der Waals surface area (Å²) >= 11 is 3.40. The summed E-state index contributed by atoms with van der Waals surface area (Å²) in [5.41, 5.74) is 7.46. The standard InChI is InChI=1S/C16H21N3S2/c1-11-18-16(21-19-11)20-15-9-13(7-8-14(15)10-17)12-5-3-2-4-6-12/h2-6,13-15H,7-10,17H2,1H3.